The summed E-state index contributed by atoms with van der Waals surface area (Å²) in [6.07, 6.45) is 4.38. The molecule has 4 atom stereocenters. The number of amides is 4. The number of nitrogens with zero attached hydrogens (tertiary/aromatic N) is 4. The highest BCUT2D eigenvalue weighted by Crippen LogP contribution is 2.36. The zero-order valence-corrected chi connectivity index (χ0v) is 18.6. The third kappa shape index (κ3) is 3.56. The van der Waals surface area contributed by atoms with Crippen molar-refractivity contribution in [2.75, 3.05) is 0 Å². The lowest BCUT2D eigenvalue weighted by Crippen LogP contribution is -2.52. The largest absolute Gasteiger partial charge is 0.460 e. The summed E-state index contributed by atoms with van der Waals surface area (Å²) >= 11 is 0. The number of rotatable bonds is 4. The average molecular weight is 478 g/mol. The zero-order valence-electron chi connectivity index (χ0n) is 18.6. The Morgan fingerprint density at radius 1 is 1.14 bits per heavy atom. The van der Waals surface area contributed by atoms with Gasteiger partial charge in [0, 0.05) is 24.4 Å². The summed E-state index contributed by atoms with van der Waals surface area (Å²) in [5.41, 5.74) is 1.74. The molecule has 2 aromatic rings. The van der Waals surface area contributed by atoms with Gasteiger partial charge in [-0.15, -0.1) is 5.10 Å². The summed E-state index contributed by atoms with van der Waals surface area (Å²) in [4.78, 5) is 63.1. The van der Waals surface area contributed by atoms with Gasteiger partial charge in [0.15, 0.2) is 5.69 Å². The van der Waals surface area contributed by atoms with Crippen LogP contribution in [0.2, 0.25) is 0 Å². The number of ether oxygens (including phenoxy) is 1. The number of carbonyl (C=O) groups excluding carboxylic acids is 5. The van der Waals surface area contributed by atoms with Gasteiger partial charge in [0.05, 0.1) is 11.9 Å². The van der Waals surface area contributed by atoms with E-state index in [2.05, 4.69) is 20.9 Å². The maximum atomic E-state index is 13.0. The first-order valence-electron chi connectivity index (χ1n) is 11.6. The second kappa shape index (κ2) is 8.00. The molecule has 1 aromatic carbocycles. The number of imide groups is 1. The van der Waals surface area contributed by atoms with E-state index in [1.54, 1.807) is 18.2 Å². The molecule has 2 N–H and O–H groups in total. The molecule has 0 radical (unpaired) electrons. The summed E-state index contributed by atoms with van der Waals surface area (Å²) in [6, 6.07) is 3.77. The number of piperidine rings is 1. The van der Waals surface area contributed by atoms with E-state index in [1.165, 1.54) is 15.8 Å². The third-order valence-electron chi connectivity index (χ3n) is 7.24. The normalized spacial score (nSPS) is 27.5. The Hall–Kier alpha value is -4.09. The second-order valence-corrected chi connectivity index (χ2v) is 9.31. The quantitative estimate of drug-likeness (QED) is 0.455. The van der Waals surface area contributed by atoms with Crippen molar-refractivity contribution in [2.45, 2.75) is 56.8 Å². The van der Waals surface area contributed by atoms with Gasteiger partial charge in [0.1, 0.15) is 18.2 Å². The number of nitrogens with one attached hydrogen (secondary N) is 2. The number of benzene rings is 1. The van der Waals surface area contributed by atoms with Crippen LogP contribution in [0.3, 0.4) is 0 Å². The van der Waals surface area contributed by atoms with Gasteiger partial charge >= 0.3 is 5.97 Å². The van der Waals surface area contributed by atoms with Crippen molar-refractivity contribution in [2.24, 2.45) is 5.92 Å². The second-order valence-electron chi connectivity index (χ2n) is 9.31. The van der Waals surface area contributed by atoms with E-state index in [4.69, 9.17) is 4.74 Å². The summed E-state index contributed by atoms with van der Waals surface area (Å²) in [7, 11) is 0. The number of fused-ring (bicyclic) bond motifs is 2. The van der Waals surface area contributed by atoms with Gasteiger partial charge in [0.2, 0.25) is 11.8 Å². The molecule has 35 heavy (non-hydrogen) atoms. The van der Waals surface area contributed by atoms with Crippen molar-refractivity contribution in [1.29, 1.82) is 0 Å². The molecule has 6 rings (SSSR count). The van der Waals surface area contributed by atoms with Crippen LogP contribution in [-0.4, -0.2) is 67.7 Å². The first kappa shape index (κ1) is 21.4. The third-order valence-corrected chi connectivity index (χ3v) is 7.24. The summed E-state index contributed by atoms with van der Waals surface area (Å²) < 4.78 is 6.73. The van der Waals surface area contributed by atoms with E-state index >= 15 is 0 Å². The van der Waals surface area contributed by atoms with Crippen molar-refractivity contribution >= 4 is 29.6 Å². The van der Waals surface area contributed by atoms with E-state index in [0.717, 1.165) is 24.8 Å². The van der Waals surface area contributed by atoms with Crippen LogP contribution in [-0.2, 0) is 25.7 Å². The molecule has 12 heteroatoms. The highest BCUT2D eigenvalue weighted by atomic mass is 16.6. The standard InChI is InChI=1S/C23H22N6O6/c30-18-7-6-16(21(32)24-18)28-9-11-4-5-12(8-14(11)22(28)33)29-10-15(26-27-29)20(31)25-19-13-2-1-3-17(13)35-23(19)34/h4-5,8,10,13,16-17,19H,1-3,6-7,9H2,(H,25,31)(H,24,30,32)/t13-,16?,17+,19-/m1/s1. The van der Waals surface area contributed by atoms with Crippen molar-refractivity contribution in [3.05, 3.63) is 41.2 Å². The lowest BCUT2D eigenvalue weighted by molar-refractivity contribution is -0.143. The van der Waals surface area contributed by atoms with E-state index < -0.39 is 29.9 Å². The molecule has 1 aromatic heterocycles. The Kier molecular flexibility index (Phi) is 4.90. The molecule has 12 nitrogen and oxygen atoms in total. The minimum Gasteiger partial charge on any atom is -0.460 e. The first-order valence-corrected chi connectivity index (χ1v) is 11.6. The topological polar surface area (TPSA) is 153 Å². The minimum absolute atomic E-state index is 0.0171. The van der Waals surface area contributed by atoms with E-state index in [0.29, 0.717) is 11.3 Å². The molecule has 3 aliphatic heterocycles. The lowest BCUT2D eigenvalue weighted by atomic mass is 9.99. The monoisotopic (exact) mass is 478 g/mol. The fourth-order valence-corrected chi connectivity index (χ4v) is 5.44. The molecule has 4 amide bonds. The Morgan fingerprint density at radius 2 is 2.00 bits per heavy atom. The molecule has 180 valence electrons. The fourth-order valence-electron chi connectivity index (χ4n) is 5.44. The van der Waals surface area contributed by atoms with Gasteiger partial charge in [-0.3, -0.25) is 24.5 Å². The zero-order chi connectivity index (χ0) is 24.3. The number of carbonyl (C=O) groups is 5. The van der Waals surface area contributed by atoms with Crippen LogP contribution in [0, 0.1) is 5.92 Å². The molecule has 4 aliphatic rings. The summed E-state index contributed by atoms with van der Waals surface area (Å²) in [6.45, 7) is 0.269. The first-order chi connectivity index (χ1) is 16.9. The van der Waals surface area contributed by atoms with Crippen LogP contribution >= 0.6 is 0 Å². The smallest absolute Gasteiger partial charge is 0.329 e. The van der Waals surface area contributed by atoms with Gasteiger partial charge in [-0.05, 0) is 43.4 Å². The van der Waals surface area contributed by atoms with Crippen LogP contribution < -0.4 is 10.6 Å². The Bertz CT molecular complexity index is 1290. The van der Waals surface area contributed by atoms with Crippen LogP contribution in [0.15, 0.2) is 24.4 Å². The van der Waals surface area contributed by atoms with Gasteiger partial charge in [-0.2, -0.15) is 0 Å². The number of hydrogen-bond donors (Lipinski definition) is 2. The van der Waals surface area contributed by atoms with Gasteiger partial charge in [-0.25, -0.2) is 9.48 Å². The maximum Gasteiger partial charge on any atom is 0.329 e. The Morgan fingerprint density at radius 3 is 2.83 bits per heavy atom. The SMILES string of the molecule is O=C1CCC(N2Cc3ccc(-n4cc(C(=O)N[C@H]5C(=O)O[C@H]6CCC[C@H]65)nn4)cc3C2=O)C(=O)N1. The highest BCUT2D eigenvalue weighted by Gasteiger charge is 2.48. The Balaban J connectivity index is 1.18. The van der Waals surface area contributed by atoms with E-state index in [9.17, 15) is 24.0 Å². The van der Waals surface area contributed by atoms with Crippen LogP contribution in [0.1, 0.15) is 58.5 Å². The number of esters is 1. The fraction of sp³-hybridized carbons (Fsp3) is 0.435. The average Bonchev–Trinajstić information content (AvgIpc) is 3.60. The molecule has 0 spiro atoms. The van der Waals surface area contributed by atoms with Crippen LogP contribution in [0.4, 0.5) is 0 Å². The van der Waals surface area contributed by atoms with Crippen molar-refractivity contribution < 1.29 is 28.7 Å². The van der Waals surface area contributed by atoms with Crippen molar-refractivity contribution in [3.8, 4) is 5.69 Å². The molecule has 3 fully saturated rings. The van der Waals surface area contributed by atoms with Gasteiger partial charge < -0.3 is 15.0 Å². The van der Waals surface area contributed by atoms with E-state index in [1.807, 2.05) is 0 Å². The van der Waals surface area contributed by atoms with Gasteiger partial charge in [-0.1, -0.05) is 11.3 Å². The number of hydrogen-bond acceptors (Lipinski definition) is 8. The molecule has 4 heterocycles. The molecule has 2 saturated heterocycles. The molecular formula is C23H22N6O6. The van der Waals surface area contributed by atoms with E-state index in [-0.39, 0.29) is 48.9 Å². The molecule has 1 unspecified atom stereocenters. The van der Waals surface area contributed by atoms with Crippen molar-refractivity contribution in [1.82, 2.24) is 30.5 Å². The van der Waals surface area contributed by atoms with Crippen LogP contribution in [0.5, 0.6) is 0 Å². The maximum absolute atomic E-state index is 13.0. The number of aromatic nitrogens is 3. The predicted molar refractivity (Wildman–Crippen MR) is 116 cm³/mol. The summed E-state index contributed by atoms with van der Waals surface area (Å²) in [5, 5.41) is 13.0. The lowest BCUT2D eigenvalue weighted by Gasteiger charge is -2.29. The van der Waals surface area contributed by atoms with Crippen molar-refractivity contribution in [3.63, 3.8) is 0 Å². The Labute approximate surface area is 199 Å². The van der Waals surface area contributed by atoms with Crippen LogP contribution in [0.25, 0.3) is 5.69 Å². The predicted octanol–water partition coefficient (Wildman–Crippen LogP) is -0.148. The summed E-state index contributed by atoms with van der Waals surface area (Å²) in [5.74, 6) is -2.07. The highest BCUT2D eigenvalue weighted by molar-refractivity contribution is 6.05. The minimum atomic E-state index is -0.695. The molecular weight excluding hydrogens is 456 g/mol. The van der Waals surface area contributed by atoms with Gasteiger partial charge in [0.25, 0.3) is 11.8 Å². The molecule has 0 bridgehead atoms. The molecule has 1 saturated carbocycles. The molecule has 1 aliphatic carbocycles.